The first-order chi connectivity index (χ1) is 13.2. The van der Waals surface area contributed by atoms with Crippen LogP contribution >= 0.6 is 0 Å². The topological polar surface area (TPSA) is 37.8 Å². The van der Waals surface area contributed by atoms with Crippen molar-refractivity contribution >= 4 is 22.3 Å². The van der Waals surface area contributed by atoms with Crippen molar-refractivity contribution in [2.24, 2.45) is 0 Å². The van der Waals surface area contributed by atoms with Crippen LogP contribution in [0.25, 0.3) is 10.9 Å². The first-order valence-electron chi connectivity index (χ1n) is 7.64. The minimum absolute atomic E-state index is 0.0918. The van der Waals surface area contributed by atoms with E-state index in [1.54, 1.807) is 0 Å². The Morgan fingerprint density at radius 1 is 0.690 bits per heavy atom. The van der Waals surface area contributed by atoms with Crippen LogP contribution in [0.5, 0.6) is 0 Å². The SMILES string of the molecule is FC(F)(F)c1ccc2c(Nc3ccc(C(F)(F)F)nc3)cc(C(F)(F)F)nc2c1. The Bertz CT molecular complexity index is 1030. The van der Waals surface area contributed by atoms with Crippen molar-refractivity contribution in [1.82, 2.24) is 9.97 Å². The van der Waals surface area contributed by atoms with Crippen molar-refractivity contribution in [3.8, 4) is 0 Å². The Labute approximate surface area is 156 Å². The number of rotatable bonds is 2. The van der Waals surface area contributed by atoms with Crippen molar-refractivity contribution in [1.29, 1.82) is 0 Å². The molecule has 0 bridgehead atoms. The van der Waals surface area contributed by atoms with Crippen LogP contribution < -0.4 is 5.32 Å². The maximum atomic E-state index is 13.1. The number of alkyl halides is 9. The summed E-state index contributed by atoms with van der Waals surface area (Å²) in [4.78, 5) is 6.41. The molecular formula is C17H8F9N3. The molecule has 0 unspecified atom stereocenters. The Hall–Kier alpha value is -3.05. The molecular weight excluding hydrogens is 417 g/mol. The fourth-order valence-corrected chi connectivity index (χ4v) is 2.44. The van der Waals surface area contributed by atoms with Crippen molar-refractivity contribution in [2.45, 2.75) is 18.5 Å². The molecule has 1 aromatic carbocycles. The van der Waals surface area contributed by atoms with Gasteiger partial charge in [-0.3, -0.25) is 0 Å². The van der Waals surface area contributed by atoms with Gasteiger partial charge in [0.1, 0.15) is 11.4 Å². The first kappa shape index (κ1) is 20.7. The molecule has 12 heteroatoms. The Morgan fingerprint density at radius 2 is 1.34 bits per heavy atom. The van der Waals surface area contributed by atoms with Gasteiger partial charge in [0.05, 0.1) is 28.7 Å². The number of anilines is 2. The number of hydrogen-bond donors (Lipinski definition) is 1. The van der Waals surface area contributed by atoms with Gasteiger partial charge in [0.15, 0.2) is 0 Å². The number of hydrogen-bond acceptors (Lipinski definition) is 3. The molecule has 0 aliphatic carbocycles. The molecule has 0 spiro atoms. The zero-order chi connectivity index (χ0) is 21.6. The van der Waals surface area contributed by atoms with E-state index in [2.05, 4.69) is 15.3 Å². The smallest absolute Gasteiger partial charge is 0.354 e. The lowest BCUT2D eigenvalue weighted by Gasteiger charge is -2.15. The molecule has 29 heavy (non-hydrogen) atoms. The molecule has 1 N–H and O–H groups in total. The van der Waals surface area contributed by atoms with E-state index in [0.717, 1.165) is 18.3 Å². The minimum Gasteiger partial charge on any atom is -0.354 e. The fraction of sp³-hybridized carbons (Fsp3) is 0.176. The second kappa shape index (κ2) is 6.78. The van der Waals surface area contributed by atoms with E-state index in [1.165, 1.54) is 0 Å². The summed E-state index contributed by atoms with van der Waals surface area (Å²) in [6, 6.07) is 4.13. The van der Waals surface area contributed by atoms with Gasteiger partial charge < -0.3 is 5.32 Å². The van der Waals surface area contributed by atoms with Crippen molar-refractivity contribution in [3.05, 3.63) is 59.5 Å². The second-order valence-corrected chi connectivity index (χ2v) is 5.84. The van der Waals surface area contributed by atoms with Gasteiger partial charge in [-0.25, -0.2) is 9.97 Å². The fourth-order valence-electron chi connectivity index (χ4n) is 2.44. The van der Waals surface area contributed by atoms with Crippen LogP contribution in [0.4, 0.5) is 50.9 Å². The number of benzene rings is 1. The Morgan fingerprint density at radius 3 is 1.86 bits per heavy atom. The van der Waals surface area contributed by atoms with E-state index in [1.807, 2.05) is 0 Å². The lowest BCUT2D eigenvalue weighted by molar-refractivity contribution is -0.141. The highest BCUT2D eigenvalue weighted by Crippen LogP contribution is 2.37. The van der Waals surface area contributed by atoms with E-state index in [4.69, 9.17) is 0 Å². The molecule has 0 amide bonds. The highest BCUT2D eigenvalue weighted by atomic mass is 19.4. The predicted molar refractivity (Wildman–Crippen MR) is 84.3 cm³/mol. The van der Waals surface area contributed by atoms with Crippen molar-refractivity contribution in [3.63, 3.8) is 0 Å². The summed E-state index contributed by atoms with van der Waals surface area (Å²) in [7, 11) is 0. The number of aromatic nitrogens is 2. The largest absolute Gasteiger partial charge is 0.433 e. The lowest BCUT2D eigenvalue weighted by Crippen LogP contribution is -2.10. The predicted octanol–water partition coefficient (Wildman–Crippen LogP) is 6.43. The molecule has 3 nitrogen and oxygen atoms in total. The maximum Gasteiger partial charge on any atom is 0.433 e. The van der Waals surface area contributed by atoms with Crippen LogP contribution in [0.3, 0.4) is 0 Å². The van der Waals surface area contributed by atoms with E-state index < -0.39 is 41.0 Å². The maximum absolute atomic E-state index is 13.1. The summed E-state index contributed by atoms with van der Waals surface area (Å²) in [5.74, 6) is 0. The average molecular weight is 425 g/mol. The third-order valence-corrected chi connectivity index (χ3v) is 3.76. The number of pyridine rings is 2. The molecule has 2 heterocycles. The number of nitrogens with one attached hydrogen (secondary N) is 1. The summed E-state index contributed by atoms with van der Waals surface area (Å²) in [5.41, 5.74) is -4.85. The Balaban J connectivity index is 2.10. The average Bonchev–Trinajstić information content (AvgIpc) is 2.59. The summed E-state index contributed by atoms with van der Waals surface area (Å²) >= 11 is 0. The van der Waals surface area contributed by atoms with Gasteiger partial charge in [-0.2, -0.15) is 39.5 Å². The first-order valence-corrected chi connectivity index (χ1v) is 7.64. The van der Waals surface area contributed by atoms with Crippen LogP contribution in [0.15, 0.2) is 42.6 Å². The minimum atomic E-state index is -4.96. The standard InChI is InChI=1S/C17H8F9N3/c18-15(19,20)8-1-3-10-11(5-8)29-14(17(24,25)26)6-12(10)28-9-2-4-13(27-7-9)16(21,22)23/h1-7H,(H,28,29). The van der Waals surface area contributed by atoms with E-state index in [9.17, 15) is 39.5 Å². The Kier molecular flexibility index (Phi) is 4.83. The quantitative estimate of drug-likeness (QED) is 0.481. The normalized spacial score (nSPS) is 13.0. The van der Waals surface area contributed by atoms with Crippen LogP contribution in [-0.4, -0.2) is 9.97 Å². The second-order valence-electron chi connectivity index (χ2n) is 5.84. The van der Waals surface area contributed by atoms with Gasteiger partial charge in [-0.15, -0.1) is 0 Å². The summed E-state index contributed by atoms with van der Waals surface area (Å²) in [5, 5.41) is 2.35. The highest BCUT2D eigenvalue weighted by molar-refractivity contribution is 5.93. The van der Waals surface area contributed by atoms with Crippen LogP contribution in [0, 0.1) is 0 Å². The number of halogens is 9. The van der Waals surface area contributed by atoms with Crippen LogP contribution in [0.1, 0.15) is 17.0 Å². The molecule has 3 rings (SSSR count). The van der Waals surface area contributed by atoms with Gasteiger partial charge in [-0.1, -0.05) is 6.07 Å². The molecule has 0 aliphatic rings. The van der Waals surface area contributed by atoms with Gasteiger partial charge in [0.25, 0.3) is 0 Å². The van der Waals surface area contributed by atoms with E-state index in [-0.39, 0.29) is 16.8 Å². The number of nitrogens with zero attached hydrogens (tertiary/aromatic N) is 2. The lowest BCUT2D eigenvalue weighted by atomic mass is 10.1. The van der Waals surface area contributed by atoms with E-state index in [0.29, 0.717) is 24.3 Å². The third-order valence-electron chi connectivity index (χ3n) is 3.76. The molecule has 0 saturated carbocycles. The van der Waals surface area contributed by atoms with E-state index >= 15 is 0 Å². The van der Waals surface area contributed by atoms with Crippen molar-refractivity contribution < 1.29 is 39.5 Å². The van der Waals surface area contributed by atoms with Crippen LogP contribution in [0.2, 0.25) is 0 Å². The molecule has 2 aromatic heterocycles. The highest BCUT2D eigenvalue weighted by Gasteiger charge is 2.35. The van der Waals surface area contributed by atoms with Gasteiger partial charge in [0.2, 0.25) is 0 Å². The van der Waals surface area contributed by atoms with Gasteiger partial charge >= 0.3 is 18.5 Å². The molecule has 0 radical (unpaired) electrons. The summed E-state index contributed by atoms with van der Waals surface area (Å²) in [6.07, 6.45) is -13.7. The third kappa shape index (κ3) is 4.51. The van der Waals surface area contributed by atoms with Crippen molar-refractivity contribution in [2.75, 3.05) is 5.32 Å². The monoisotopic (exact) mass is 425 g/mol. The molecule has 154 valence electrons. The van der Waals surface area contributed by atoms with Gasteiger partial charge in [0, 0.05) is 5.39 Å². The molecule has 0 aliphatic heterocycles. The molecule has 3 aromatic rings. The number of fused-ring (bicyclic) bond motifs is 1. The molecule has 0 saturated heterocycles. The summed E-state index contributed by atoms with van der Waals surface area (Å²) < 4.78 is 116. The zero-order valence-electron chi connectivity index (χ0n) is 13.8. The molecule has 0 fully saturated rings. The summed E-state index contributed by atoms with van der Waals surface area (Å²) in [6.45, 7) is 0. The zero-order valence-corrected chi connectivity index (χ0v) is 13.8. The van der Waals surface area contributed by atoms with Gasteiger partial charge in [-0.05, 0) is 30.3 Å². The molecule has 0 atom stereocenters. The van der Waals surface area contributed by atoms with Crippen LogP contribution in [-0.2, 0) is 18.5 Å².